The summed E-state index contributed by atoms with van der Waals surface area (Å²) in [6, 6.07) is 11.4. The molecule has 7 heteroatoms. The number of rotatable bonds is 3. The number of halogens is 2. The molecule has 0 saturated heterocycles. The van der Waals surface area contributed by atoms with Crippen molar-refractivity contribution in [2.24, 2.45) is 0 Å². The number of hydrogen-bond acceptors (Lipinski definition) is 3. The average molecular weight is 355 g/mol. The molecule has 0 atom stereocenters. The van der Waals surface area contributed by atoms with Crippen molar-refractivity contribution in [2.75, 3.05) is 5.32 Å². The van der Waals surface area contributed by atoms with Crippen LogP contribution in [-0.2, 0) is 11.2 Å². The van der Waals surface area contributed by atoms with Gasteiger partial charge in [0.1, 0.15) is 5.75 Å². The zero-order chi connectivity index (χ0) is 16.1. The van der Waals surface area contributed by atoms with Crippen LogP contribution >= 0.6 is 35.4 Å². The molecule has 114 valence electrons. The van der Waals surface area contributed by atoms with Crippen LogP contribution in [0.4, 0.5) is 5.69 Å². The van der Waals surface area contributed by atoms with Crippen molar-refractivity contribution in [1.82, 2.24) is 5.32 Å². The predicted octanol–water partition coefficient (Wildman–Crippen LogP) is 3.75. The lowest BCUT2D eigenvalue weighted by molar-refractivity contribution is -0.119. The molecule has 0 aliphatic rings. The fourth-order valence-corrected chi connectivity index (χ4v) is 2.24. The first-order valence-corrected chi connectivity index (χ1v) is 7.44. The molecule has 4 nitrogen and oxygen atoms in total. The van der Waals surface area contributed by atoms with Crippen LogP contribution in [0, 0.1) is 0 Å². The first-order chi connectivity index (χ1) is 10.4. The number of phenols is 1. The topological polar surface area (TPSA) is 61.4 Å². The molecule has 0 spiro atoms. The normalized spacial score (nSPS) is 10.1. The van der Waals surface area contributed by atoms with E-state index in [1.54, 1.807) is 30.3 Å². The lowest BCUT2D eigenvalue weighted by Crippen LogP contribution is -2.35. The molecule has 0 fully saturated rings. The molecule has 0 saturated carbocycles. The monoisotopic (exact) mass is 354 g/mol. The van der Waals surface area contributed by atoms with E-state index in [9.17, 15) is 9.90 Å². The molecule has 0 radical (unpaired) electrons. The minimum Gasteiger partial charge on any atom is -0.506 e. The highest BCUT2D eigenvalue weighted by molar-refractivity contribution is 7.80. The Bertz CT molecular complexity index is 705. The number of carbonyl (C=O) groups excluding carboxylic acids is 1. The van der Waals surface area contributed by atoms with E-state index >= 15 is 0 Å². The second-order valence-electron chi connectivity index (χ2n) is 4.47. The largest absolute Gasteiger partial charge is 0.506 e. The molecule has 2 aromatic rings. The number of thiocarbonyl (C=S) groups is 1. The lowest BCUT2D eigenvalue weighted by atomic mass is 10.1. The molecule has 0 unspecified atom stereocenters. The average Bonchev–Trinajstić information content (AvgIpc) is 2.45. The van der Waals surface area contributed by atoms with Gasteiger partial charge < -0.3 is 15.7 Å². The highest BCUT2D eigenvalue weighted by atomic mass is 35.5. The zero-order valence-electron chi connectivity index (χ0n) is 11.3. The first kappa shape index (κ1) is 16.5. The van der Waals surface area contributed by atoms with Gasteiger partial charge in [-0.05, 0) is 48.1 Å². The summed E-state index contributed by atoms with van der Waals surface area (Å²) >= 11 is 16.7. The van der Waals surface area contributed by atoms with Gasteiger partial charge in [-0.1, -0.05) is 35.3 Å². The SMILES string of the molecule is O=C(Cc1ccc(Cl)cc1)NC(=S)Nc1cc(Cl)ccc1O. The van der Waals surface area contributed by atoms with Crippen LogP contribution in [0.1, 0.15) is 5.56 Å². The Morgan fingerprint density at radius 3 is 2.41 bits per heavy atom. The number of aromatic hydroxyl groups is 1. The van der Waals surface area contributed by atoms with Crippen molar-refractivity contribution in [3.8, 4) is 5.75 Å². The maximum Gasteiger partial charge on any atom is 0.230 e. The molecular formula is C15H12Cl2N2O2S. The Hall–Kier alpha value is -1.82. The zero-order valence-corrected chi connectivity index (χ0v) is 13.6. The van der Waals surface area contributed by atoms with Crippen molar-refractivity contribution in [2.45, 2.75) is 6.42 Å². The van der Waals surface area contributed by atoms with Gasteiger partial charge in [0.25, 0.3) is 0 Å². The van der Waals surface area contributed by atoms with Gasteiger partial charge in [-0.2, -0.15) is 0 Å². The summed E-state index contributed by atoms with van der Waals surface area (Å²) in [7, 11) is 0. The van der Waals surface area contributed by atoms with Crippen molar-refractivity contribution in [1.29, 1.82) is 0 Å². The minimum atomic E-state index is -0.277. The number of amides is 1. The van der Waals surface area contributed by atoms with E-state index in [-0.39, 0.29) is 23.2 Å². The summed E-state index contributed by atoms with van der Waals surface area (Å²) < 4.78 is 0. The summed E-state index contributed by atoms with van der Waals surface area (Å²) in [6.45, 7) is 0. The smallest absolute Gasteiger partial charge is 0.230 e. The van der Waals surface area contributed by atoms with E-state index in [1.807, 2.05) is 0 Å². The Morgan fingerprint density at radius 1 is 1.09 bits per heavy atom. The Labute approximate surface area is 143 Å². The summed E-state index contributed by atoms with van der Waals surface area (Å²) in [5.74, 6) is -0.292. The van der Waals surface area contributed by atoms with Gasteiger partial charge in [0.15, 0.2) is 5.11 Å². The second kappa shape index (κ2) is 7.45. The molecule has 3 N–H and O–H groups in total. The van der Waals surface area contributed by atoms with Crippen molar-refractivity contribution < 1.29 is 9.90 Å². The van der Waals surface area contributed by atoms with Crippen LogP contribution in [0.15, 0.2) is 42.5 Å². The Morgan fingerprint density at radius 2 is 1.73 bits per heavy atom. The third kappa shape index (κ3) is 4.87. The van der Waals surface area contributed by atoms with Crippen LogP contribution in [0.2, 0.25) is 10.0 Å². The molecule has 1 amide bonds. The Balaban J connectivity index is 1.92. The minimum absolute atomic E-state index is 0.0151. The third-order valence-electron chi connectivity index (χ3n) is 2.74. The second-order valence-corrected chi connectivity index (χ2v) is 5.75. The van der Waals surface area contributed by atoms with Gasteiger partial charge in [-0.25, -0.2) is 0 Å². The van der Waals surface area contributed by atoms with E-state index in [0.717, 1.165) is 5.56 Å². The maximum atomic E-state index is 11.9. The molecule has 0 aliphatic heterocycles. The highest BCUT2D eigenvalue weighted by Crippen LogP contribution is 2.26. The molecule has 2 aromatic carbocycles. The standard InChI is InChI=1S/C15H12Cl2N2O2S/c16-10-3-1-9(2-4-10)7-14(21)19-15(22)18-12-8-11(17)5-6-13(12)20/h1-6,8,20H,7H2,(H2,18,19,21,22). The number of phenolic OH excluding ortho intramolecular Hbond substituents is 1. The Kier molecular flexibility index (Phi) is 5.60. The van der Waals surface area contributed by atoms with E-state index in [2.05, 4.69) is 10.6 Å². The summed E-state index contributed by atoms with van der Waals surface area (Å²) in [4.78, 5) is 11.9. The molecule has 22 heavy (non-hydrogen) atoms. The van der Waals surface area contributed by atoms with E-state index in [1.165, 1.54) is 12.1 Å². The van der Waals surface area contributed by atoms with Gasteiger partial charge in [0, 0.05) is 10.0 Å². The van der Waals surface area contributed by atoms with Crippen LogP contribution in [0.5, 0.6) is 5.75 Å². The molecule has 0 heterocycles. The fourth-order valence-electron chi connectivity index (χ4n) is 1.72. The van der Waals surface area contributed by atoms with Gasteiger partial charge in [-0.3, -0.25) is 4.79 Å². The number of hydrogen-bond donors (Lipinski definition) is 3. The van der Waals surface area contributed by atoms with E-state index in [4.69, 9.17) is 35.4 Å². The van der Waals surface area contributed by atoms with Crippen LogP contribution < -0.4 is 10.6 Å². The van der Waals surface area contributed by atoms with Crippen molar-refractivity contribution in [3.05, 3.63) is 58.1 Å². The highest BCUT2D eigenvalue weighted by Gasteiger charge is 2.08. The van der Waals surface area contributed by atoms with E-state index < -0.39 is 0 Å². The summed E-state index contributed by atoms with van der Waals surface area (Å²) in [6.07, 6.45) is 0.167. The predicted molar refractivity (Wildman–Crippen MR) is 92.6 cm³/mol. The summed E-state index contributed by atoms with van der Waals surface area (Å²) in [5, 5.41) is 16.1. The lowest BCUT2D eigenvalue weighted by Gasteiger charge is -2.11. The number of carbonyl (C=O) groups is 1. The van der Waals surface area contributed by atoms with Gasteiger partial charge in [0.2, 0.25) is 5.91 Å². The van der Waals surface area contributed by atoms with Gasteiger partial charge >= 0.3 is 0 Å². The van der Waals surface area contributed by atoms with E-state index in [0.29, 0.717) is 15.7 Å². The number of nitrogens with one attached hydrogen (secondary N) is 2. The number of benzene rings is 2. The molecule has 0 bridgehead atoms. The van der Waals surface area contributed by atoms with Gasteiger partial charge in [-0.15, -0.1) is 0 Å². The van der Waals surface area contributed by atoms with Gasteiger partial charge in [0.05, 0.1) is 12.1 Å². The first-order valence-electron chi connectivity index (χ1n) is 6.28. The fraction of sp³-hybridized carbons (Fsp3) is 0.0667. The van der Waals surface area contributed by atoms with Crippen molar-refractivity contribution in [3.63, 3.8) is 0 Å². The van der Waals surface area contributed by atoms with Crippen LogP contribution in [-0.4, -0.2) is 16.1 Å². The molecule has 0 aliphatic carbocycles. The van der Waals surface area contributed by atoms with Crippen molar-refractivity contribution >= 4 is 52.1 Å². The van der Waals surface area contributed by atoms with Crippen LogP contribution in [0.3, 0.4) is 0 Å². The van der Waals surface area contributed by atoms with Crippen LogP contribution in [0.25, 0.3) is 0 Å². The summed E-state index contributed by atoms with van der Waals surface area (Å²) in [5.41, 5.74) is 1.14. The maximum absolute atomic E-state index is 11.9. The molecule has 0 aromatic heterocycles. The quantitative estimate of drug-likeness (QED) is 0.580. The third-order valence-corrected chi connectivity index (χ3v) is 3.43. The molecule has 2 rings (SSSR count). The molecular weight excluding hydrogens is 343 g/mol. The number of anilines is 1.